The van der Waals surface area contributed by atoms with Crippen LogP contribution in [0, 0.1) is 0 Å². The fourth-order valence-electron chi connectivity index (χ4n) is 1.72. The van der Waals surface area contributed by atoms with E-state index in [0.717, 1.165) is 0 Å². The number of halogens is 2. The van der Waals surface area contributed by atoms with Crippen LogP contribution in [0.3, 0.4) is 0 Å². The number of alkyl halides is 1. The van der Waals surface area contributed by atoms with Gasteiger partial charge in [-0.15, -0.1) is 0 Å². The summed E-state index contributed by atoms with van der Waals surface area (Å²) in [6, 6.07) is 6.33. The predicted molar refractivity (Wildman–Crippen MR) is 106 cm³/mol. The van der Waals surface area contributed by atoms with E-state index in [4.69, 9.17) is 25.3 Å². The SMILES string of the molecule is COc1cc(Cl)nc(NC(=O)NS(=O)(=O)Oc2ccccc2OCCI)n1. The van der Waals surface area contributed by atoms with Crippen LogP contribution in [0.1, 0.15) is 0 Å². The highest BCUT2D eigenvalue weighted by molar-refractivity contribution is 14.1. The van der Waals surface area contributed by atoms with Crippen LogP contribution in [0.2, 0.25) is 5.15 Å². The zero-order chi connectivity index (χ0) is 19.9. The summed E-state index contributed by atoms with van der Waals surface area (Å²) >= 11 is 7.86. The van der Waals surface area contributed by atoms with Gasteiger partial charge in [-0.05, 0) is 12.1 Å². The van der Waals surface area contributed by atoms with Crippen LogP contribution >= 0.6 is 34.2 Å². The molecule has 146 valence electrons. The number of urea groups is 1. The van der Waals surface area contributed by atoms with Crippen LogP contribution in [0.15, 0.2) is 30.3 Å². The van der Waals surface area contributed by atoms with Crippen molar-refractivity contribution >= 4 is 56.5 Å². The third-order valence-electron chi connectivity index (χ3n) is 2.71. The molecule has 0 unspecified atom stereocenters. The molecule has 0 bridgehead atoms. The van der Waals surface area contributed by atoms with Crippen LogP contribution in [0.25, 0.3) is 0 Å². The summed E-state index contributed by atoms with van der Waals surface area (Å²) in [7, 11) is -3.15. The average molecular weight is 529 g/mol. The molecule has 2 N–H and O–H groups in total. The standard InChI is InChI=1S/C14H14ClIN4O6S/c1-24-12-8-11(15)17-13(18-12)19-14(21)20-27(22,23)26-10-5-3-2-4-9(10)25-7-6-16/h2-5,8H,6-7H2,1H3,(H2,17,18,19,20,21). The molecule has 1 heterocycles. The second-order valence-electron chi connectivity index (χ2n) is 4.63. The summed E-state index contributed by atoms with van der Waals surface area (Å²) in [5.41, 5.74) is 0. The number of ether oxygens (including phenoxy) is 2. The monoisotopic (exact) mass is 528 g/mol. The predicted octanol–water partition coefficient (Wildman–Crippen LogP) is 2.40. The first-order valence-electron chi connectivity index (χ1n) is 7.22. The van der Waals surface area contributed by atoms with E-state index in [1.165, 1.54) is 19.2 Å². The number of nitrogens with one attached hydrogen (secondary N) is 2. The molecule has 10 nitrogen and oxygen atoms in total. The maximum absolute atomic E-state index is 12.1. The van der Waals surface area contributed by atoms with Crippen LogP contribution < -0.4 is 23.7 Å². The number of hydrogen-bond acceptors (Lipinski definition) is 8. The van der Waals surface area contributed by atoms with Crippen molar-refractivity contribution in [3.63, 3.8) is 0 Å². The minimum atomic E-state index is -4.49. The molecule has 0 aliphatic heterocycles. The Morgan fingerprint density at radius 1 is 1.26 bits per heavy atom. The van der Waals surface area contributed by atoms with Crippen molar-refractivity contribution < 1.29 is 26.9 Å². The second kappa shape index (κ2) is 9.75. The van der Waals surface area contributed by atoms with Gasteiger partial charge >= 0.3 is 16.3 Å². The first-order chi connectivity index (χ1) is 12.8. The van der Waals surface area contributed by atoms with Gasteiger partial charge in [-0.2, -0.15) is 13.4 Å². The molecule has 0 radical (unpaired) electrons. The lowest BCUT2D eigenvalue weighted by atomic mass is 10.3. The number of carbonyl (C=O) groups excluding carboxylic acids is 1. The molecule has 13 heteroatoms. The summed E-state index contributed by atoms with van der Waals surface area (Å²) < 4.78 is 41.7. The van der Waals surface area contributed by atoms with Crippen molar-refractivity contribution in [2.24, 2.45) is 0 Å². The third-order valence-corrected chi connectivity index (χ3v) is 4.18. The van der Waals surface area contributed by atoms with Crippen LogP contribution in [-0.2, 0) is 10.3 Å². The zero-order valence-electron chi connectivity index (χ0n) is 13.8. The van der Waals surface area contributed by atoms with E-state index in [9.17, 15) is 13.2 Å². The lowest BCUT2D eigenvalue weighted by Crippen LogP contribution is -2.37. The van der Waals surface area contributed by atoms with Gasteiger partial charge in [-0.3, -0.25) is 5.32 Å². The smallest absolute Gasteiger partial charge is 0.411 e. The molecule has 0 atom stereocenters. The van der Waals surface area contributed by atoms with Gasteiger partial charge in [0.2, 0.25) is 11.8 Å². The second-order valence-corrected chi connectivity index (χ2v) is 7.38. The van der Waals surface area contributed by atoms with E-state index >= 15 is 0 Å². The molecule has 27 heavy (non-hydrogen) atoms. The molecule has 0 saturated carbocycles. The first kappa shape index (κ1) is 21.2. The highest BCUT2D eigenvalue weighted by Crippen LogP contribution is 2.27. The Hall–Kier alpha value is -2.06. The number of nitrogens with zero attached hydrogens (tertiary/aromatic N) is 2. The molecule has 2 aromatic rings. The van der Waals surface area contributed by atoms with E-state index in [-0.39, 0.29) is 28.5 Å². The number of benzene rings is 1. The van der Waals surface area contributed by atoms with E-state index < -0.39 is 16.3 Å². The maximum atomic E-state index is 12.1. The quantitative estimate of drug-likeness (QED) is 0.304. The Balaban J connectivity index is 2.06. The van der Waals surface area contributed by atoms with Gasteiger partial charge in [-0.1, -0.05) is 46.3 Å². The van der Waals surface area contributed by atoms with E-state index in [0.29, 0.717) is 11.0 Å². The van der Waals surface area contributed by atoms with E-state index in [2.05, 4.69) is 37.9 Å². The average Bonchev–Trinajstić information content (AvgIpc) is 2.59. The summed E-state index contributed by atoms with van der Waals surface area (Å²) in [6.45, 7) is 0.364. The number of carbonyl (C=O) groups is 1. The van der Waals surface area contributed by atoms with Crippen LogP contribution in [-0.4, -0.2) is 42.6 Å². The molecule has 0 saturated heterocycles. The van der Waals surface area contributed by atoms with E-state index in [1.54, 1.807) is 22.9 Å². The van der Waals surface area contributed by atoms with Gasteiger partial charge in [0.15, 0.2) is 11.5 Å². The number of anilines is 1. The molecular weight excluding hydrogens is 515 g/mol. The highest BCUT2D eigenvalue weighted by Gasteiger charge is 2.20. The van der Waals surface area contributed by atoms with Crippen LogP contribution in [0.4, 0.5) is 10.7 Å². The number of hydrogen-bond donors (Lipinski definition) is 2. The summed E-state index contributed by atoms with van der Waals surface area (Å²) in [5, 5.41) is 2.12. The Morgan fingerprint density at radius 2 is 1.96 bits per heavy atom. The van der Waals surface area contributed by atoms with Gasteiger partial charge in [0.25, 0.3) is 0 Å². The van der Waals surface area contributed by atoms with Gasteiger partial charge in [0.05, 0.1) is 13.7 Å². The Labute approximate surface area is 174 Å². The molecule has 1 aromatic carbocycles. The van der Waals surface area contributed by atoms with Crippen molar-refractivity contribution in [1.29, 1.82) is 0 Å². The molecular formula is C14H14ClIN4O6S. The molecule has 0 aliphatic rings. The Bertz CT molecular complexity index is 914. The number of amides is 2. The van der Waals surface area contributed by atoms with E-state index in [1.807, 2.05) is 0 Å². The van der Waals surface area contributed by atoms with Crippen molar-refractivity contribution in [3.05, 3.63) is 35.5 Å². The Kier molecular flexibility index (Phi) is 7.67. The van der Waals surface area contributed by atoms with Gasteiger partial charge in [-0.25, -0.2) is 14.5 Å². The number of methoxy groups -OCH3 is 1. The summed E-state index contributed by atoms with van der Waals surface area (Å²) in [6.07, 6.45) is 0. The van der Waals surface area contributed by atoms with Gasteiger partial charge in [0.1, 0.15) is 5.15 Å². The Morgan fingerprint density at radius 3 is 2.63 bits per heavy atom. The normalized spacial score (nSPS) is 10.8. The minimum Gasteiger partial charge on any atom is -0.489 e. The third kappa shape index (κ3) is 6.88. The molecule has 2 rings (SSSR count). The summed E-state index contributed by atoms with van der Waals surface area (Å²) in [4.78, 5) is 19.4. The van der Waals surface area contributed by atoms with Crippen molar-refractivity contribution in [1.82, 2.24) is 14.7 Å². The summed E-state index contributed by atoms with van der Waals surface area (Å²) in [5.74, 6) is -0.00485. The number of para-hydroxylation sites is 2. The van der Waals surface area contributed by atoms with Crippen molar-refractivity contribution in [2.45, 2.75) is 0 Å². The molecule has 1 aromatic heterocycles. The highest BCUT2D eigenvalue weighted by atomic mass is 127. The molecule has 0 fully saturated rings. The first-order valence-corrected chi connectivity index (χ1v) is 10.5. The fraction of sp³-hybridized carbons (Fsp3) is 0.214. The largest absolute Gasteiger partial charge is 0.489 e. The lowest BCUT2D eigenvalue weighted by Gasteiger charge is -2.12. The zero-order valence-corrected chi connectivity index (χ0v) is 17.5. The lowest BCUT2D eigenvalue weighted by molar-refractivity contribution is 0.255. The van der Waals surface area contributed by atoms with Crippen molar-refractivity contribution in [2.75, 3.05) is 23.5 Å². The maximum Gasteiger partial charge on any atom is 0.411 e. The van der Waals surface area contributed by atoms with Gasteiger partial charge in [0, 0.05) is 10.5 Å². The topological polar surface area (TPSA) is 129 Å². The number of aromatic nitrogens is 2. The van der Waals surface area contributed by atoms with Crippen molar-refractivity contribution in [3.8, 4) is 17.4 Å². The molecule has 0 aliphatic carbocycles. The minimum absolute atomic E-state index is 0.00223. The fourth-order valence-corrected chi connectivity index (χ4v) is 2.81. The van der Waals surface area contributed by atoms with Crippen LogP contribution in [0.5, 0.6) is 17.4 Å². The molecule has 2 amide bonds. The molecule has 0 spiro atoms. The van der Waals surface area contributed by atoms with Gasteiger partial charge < -0.3 is 13.7 Å². The number of rotatable bonds is 8.